The minimum Gasteiger partial charge on any atom is -0.380 e. The average molecular weight is 348 g/mol. The Morgan fingerprint density at radius 2 is 2.21 bits per heavy atom. The average Bonchev–Trinajstić information content (AvgIpc) is 3.05. The van der Waals surface area contributed by atoms with E-state index in [1.54, 1.807) is 13.2 Å². The number of ether oxygens (including phenoxy) is 1. The number of methoxy groups -OCH3 is 1. The number of thiophene rings is 1. The van der Waals surface area contributed by atoms with Crippen molar-refractivity contribution in [3.05, 3.63) is 34.5 Å². The number of nitrogens with one attached hydrogen (secondary N) is 1. The van der Waals surface area contributed by atoms with Crippen LogP contribution < -0.4 is 5.32 Å². The van der Waals surface area contributed by atoms with E-state index in [4.69, 9.17) is 4.74 Å². The maximum Gasteiger partial charge on any atom is 0.264 e. The van der Waals surface area contributed by atoms with Gasteiger partial charge in [0, 0.05) is 41.4 Å². The Kier molecular flexibility index (Phi) is 4.28. The van der Waals surface area contributed by atoms with Crippen LogP contribution in [-0.4, -0.2) is 43.1 Å². The number of carbonyl (C=O) groups excluding carboxylic acids is 1. The van der Waals surface area contributed by atoms with E-state index in [0.717, 1.165) is 37.1 Å². The van der Waals surface area contributed by atoms with Gasteiger partial charge in [0.05, 0.1) is 11.5 Å². The van der Waals surface area contributed by atoms with Gasteiger partial charge < -0.3 is 15.0 Å². The van der Waals surface area contributed by atoms with Crippen molar-refractivity contribution in [3.63, 3.8) is 0 Å². The zero-order valence-corrected chi connectivity index (χ0v) is 14.5. The predicted octanol–water partition coefficient (Wildman–Crippen LogP) is 3.15. The van der Waals surface area contributed by atoms with Gasteiger partial charge in [-0.05, 0) is 37.9 Å². The largest absolute Gasteiger partial charge is 0.380 e. The molecule has 2 fully saturated rings. The van der Waals surface area contributed by atoms with Gasteiger partial charge >= 0.3 is 0 Å². The maximum atomic E-state index is 14.3. The van der Waals surface area contributed by atoms with E-state index in [1.165, 1.54) is 17.4 Å². The summed E-state index contributed by atoms with van der Waals surface area (Å²) in [5.74, 6) is -0.241. The first-order chi connectivity index (χ1) is 11.7. The lowest BCUT2D eigenvalue weighted by molar-refractivity contribution is 0.0681. The van der Waals surface area contributed by atoms with E-state index in [1.807, 2.05) is 11.0 Å². The molecule has 4 nitrogen and oxygen atoms in total. The molecule has 2 aliphatic heterocycles. The fourth-order valence-corrected chi connectivity index (χ4v) is 5.22. The van der Waals surface area contributed by atoms with Crippen LogP contribution in [0, 0.1) is 5.82 Å². The molecule has 2 saturated heterocycles. The Morgan fingerprint density at radius 3 is 3.04 bits per heavy atom. The van der Waals surface area contributed by atoms with Crippen LogP contribution in [0.25, 0.3) is 10.1 Å². The summed E-state index contributed by atoms with van der Waals surface area (Å²) >= 11 is 1.39. The third kappa shape index (κ3) is 2.53. The third-order valence-electron chi connectivity index (χ3n) is 5.13. The second kappa shape index (κ2) is 6.43. The van der Waals surface area contributed by atoms with Crippen LogP contribution in [0.15, 0.2) is 18.2 Å². The van der Waals surface area contributed by atoms with Crippen molar-refractivity contribution < 1.29 is 13.9 Å². The molecular formula is C18H21FN2O2S. The number of nitrogens with zero attached hydrogens (tertiary/aromatic N) is 1. The lowest BCUT2D eigenvalue weighted by Gasteiger charge is -2.27. The van der Waals surface area contributed by atoms with Crippen molar-refractivity contribution in [2.24, 2.45) is 0 Å². The van der Waals surface area contributed by atoms with Gasteiger partial charge in [-0.1, -0.05) is 6.07 Å². The number of halogens is 1. The van der Waals surface area contributed by atoms with E-state index in [2.05, 4.69) is 5.32 Å². The summed E-state index contributed by atoms with van der Waals surface area (Å²) in [6, 6.07) is 5.55. The quantitative estimate of drug-likeness (QED) is 0.926. The lowest BCUT2D eigenvalue weighted by atomic mass is 10.1. The van der Waals surface area contributed by atoms with Crippen molar-refractivity contribution in [1.29, 1.82) is 0 Å². The minimum absolute atomic E-state index is 0.0406. The summed E-state index contributed by atoms with van der Waals surface area (Å²) in [6.45, 7) is 2.06. The Labute approximate surface area is 144 Å². The van der Waals surface area contributed by atoms with Gasteiger partial charge in [-0.2, -0.15) is 0 Å². The molecule has 2 aromatic rings. The summed E-state index contributed by atoms with van der Waals surface area (Å²) in [5.41, 5.74) is 0.692. The lowest BCUT2D eigenvalue weighted by Crippen LogP contribution is -2.42. The number of fused-ring (bicyclic) bond motifs is 3. The highest BCUT2D eigenvalue weighted by Crippen LogP contribution is 2.37. The molecule has 2 atom stereocenters. The fourth-order valence-electron chi connectivity index (χ4n) is 4.05. The van der Waals surface area contributed by atoms with E-state index in [9.17, 15) is 9.18 Å². The maximum absolute atomic E-state index is 14.3. The Balaban J connectivity index is 1.79. The van der Waals surface area contributed by atoms with Gasteiger partial charge in [-0.15, -0.1) is 11.3 Å². The van der Waals surface area contributed by atoms with Crippen LogP contribution in [0.4, 0.5) is 4.39 Å². The van der Waals surface area contributed by atoms with Gasteiger partial charge in [0.15, 0.2) is 0 Å². The van der Waals surface area contributed by atoms with Crippen LogP contribution in [0.3, 0.4) is 0 Å². The molecule has 1 N–H and O–H groups in total. The number of amides is 1. The summed E-state index contributed by atoms with van der Waals surface area (Å²) < 4.78 is 20.4. The molecule has 2 aliphatic rings. The highest BCUT2D eigenvalue weighted by atomic mass is 32.1. The molecule has 0 radical (unpaired) electrons. The van der Waals surface area contributed by atoms with Crippen LogP contribution in [-0.2, 0) is 11.3 Å². The molecule has 0 saturated carbocycles. The molecule has 128 valence electrons. The summed E-state index contributed by atoms with van der Waals surface area (Å²) in [7, 11) is 1.58. The fraction of sp³-hybridized carbons (Fsp3) is 0.500. The van der Waals surface area contributed by atoms with Crippen LogP contribution in [0.1, 0.15) is 34.5 Å². The molecule has 1 aromatic carbocycles. The van der Waals surface area contributed by atoms with Crippen molar-refractivity contribution in [2.45, 2.75) is 38.0 Å². The molecule has 3 heterocycles. The second-order valence-electron chi connectivity index (χ2n) is 6.55. The molecule has 24 heavy (non-hydrogen) atoms. The van der Waals surface area contributed by atoms with E-state index in [0.29, 0.717) is 21.9 Å². The first-order valence-electron chi connectivity index (χ1n) is 8.43. The first kappa shape index (κ1) is 16.0. The Hall–Kier alpha value is -1.50. The van der Waals surface area contributed by atoms with E-state index in [-0.39, 0.29) is 24.4 Å². The number of rotatable bonds is 3. The van der Waals surface area contributed by atoms with Crippen molar-refractivity contribution in [2.75, 3.05) is 20.2 Å². The molecule has 6 heteroatoms. The molecule has 2 unspecified atom stereocenters. The molecule has 2 bridgehead atoms. The topological polar surface area (TPSA) is 41.6 Å². The summed E-state index contributed by atoms with van der Waals surface area (Å²) in [6.07, 6.45) is 3.10. The number of carbonyl (C=O) groups is 1. The van der Waals surface area contributed by atoms with Crippen molar-refractivity contribution in [3.8, 4) is 0 Å². The minimum atomic E-state index is -0.282. The second-order valence-corrected chi connectivity index (χ2v) is 7.60. The number of hydrogen-bond donors (Lipinski definition) is 1. The van der Waals surface area contributed by atoms with Crippen LogP contribution >= 0.6 is 11.3 Å². The van der Waals surface area contributed by atoms with Crippen LogP contribution in [0.5, 0.6) is 0 Å². The SMILES string of the molecule is COCc1c(C(=O)N2C3CCNCC2CC3)sc2cccc(F)c12. The highest BCUT2D eigenvalue weighted by molar-refractivity contribution is 7.21. The number of benzene rings is 1. The summed E-state index contributed by atoms with van der Waals surface area (Å²) in [4.78, 5) is 16.0. The molecule has 1 aromatic heterocycles. The van der Waals surface area contributed by atoms with E-state index < -0.39 is 0 Å². The number of hydrogen-bond acceptors (Lipinski definition) is 4. The third-order valence-corrected chi connectivity index (χ3v) is 6.32. The Morgan fingerprint density at radius 1 is 1.38 bits per heavy atom. The normalized spacial score (nSPS) is 23.7. The van der Waals surface area contributed by atoms with Crippen molar-refractivity contribution >= 4 is 27.3 Å². The standard InChI is InChI=1S/C18H21FN2O2S/c1-23-10-13-16-14(19)3-2-4-15(16)24-17(13)18(22)21-11-5-6-12(21)9-20-8-7-11/h2-4,11-12,20H,5-10H2,1H3. The zero-order chi connectivity index (χ0) is 16.7. The Bertz CT molecular complexity index is 762. The molecule has 1 amide bonds. The van der Waals surface area contributed by atoms with Crippen molar-refractivity contribution in [1.82, 2.24) is 10.2 Å². The smallest absolute Gasteiger partial charge is 0.264 e. The van der Waals surface area contributed by atoms with Crippen LogP contribution in [0.2, 0.25) is 0 Å². The van der Waals surface area contributed by atoms with Gasteiger partial charge in [-0.3, -0.25) is 4.79 Å². The van der Waals surface area contributed by atoms with Gasteiger partial charge in [0.1, 0.15) is 5.82 Å². The monoisotopic (exact) mass is 348 g/mol. The van der Waals surface area contributed by atoms with Gasteiger partial charge in [0.25, 0.3) is 5.91 Å². The van der Waals surface area contributed by atoms with Gasteiger partial charge in [0.2, 0.25) is 0 Å². The first-order valence-corrected chi connectivity index (χ1v) is 9.24. The molecule has 0 aliphatic carbocycles. The highest BCUT2D eigenvalue weighted by Gasteiger charge is 2.39. The predicted molar refractivity (Wildman–Crippen MR) is 93.0 cm³/mol. The van der Waals surface area contributed by atoms with Gasteiger partial charge in [-0.25, -0.2) is 4.39 Å². The van der Waals surface area contributed by atoms with E-state index >= 15 is 0 Å². The molecular weight excluding hydrogens is 327 g/mol. The molecule has 4 rings (SSSR count). The zero-order valence-electron chi connectivity index (χ0n) is 13.7. The summed E-state index contributed by atoms with van der Waals surface area (Å²) in [5, 5.41) is 3.95. The molecule has 0 spiro atoms.